The van der Waals surface area contributed by atoms with Crippen LogP contribution in [0, 0.1) is 0 Å². The number of halogens is 3. The first-order chi connectivity index (χ1) is 14.8. The predicted octanol–water partition coefficient (Wildman–Crippen LogP) is 4.59. The summed E-state index contributed by atoms with van der Waals surface area (Å²) >= 11 is 1.36. The van der Waals surface area contributed by atoms with E-state index in [1.807, 2.05) is 40.0 Å². The molecule has 1 aromatic carbocycles. The van der Waals surface area contributed by atoms with Gasteiger partial charge in [-0.1, -0.05) is 18.2 Å². The zero-order valence-electron chi connectivity index (χ0n) is 15.8. The largest absolute Gasteiger partial charge is 0.417 e. The van der Waals surface area contributed by atoms with Crippen molar-refractivity contribution < 1.29 is 18.0 Å². The van der Waals surface area contributed by atoms with Gasteiger partial charge >= 0.3 is 6.18 Å². The van der Waals surface area contributed by atoms with E-state index >= 15 is 0 Å². The molecule has 0 aliphatic rings. The Morgan fingerprint density at radius 3 is 2.71 bits per heavy atom. The second-order valence-electron chi connectivity index (χ2n) is 6.57. The summed E-state index contributed by atoms with van der Waals surface area (Å²) in [7, 11) is 0. The molecule has 0 unspecified atom stereocenters. The minimum absolute atomic E-state index is 0.244. The molecule has 158 valence electrons. The maximum atomic E-state index is 12.9. The number of hydrogen-bond acceptors (Lipinski definition) is 4. The first kappa shape index (κ1) is 20.7. The minimum atomic E-state index is -4.65. The molecule has 4 rings (SSSR count). The zero-order valence-corrected chi connectivity index (χ0v) is 16.6. The lowest BCUT2D eigenvalue weighted by Gasteiger charge is -2.11. The van der Waals surface area contributed by atoms with Crippen LogP contribution in [-0.2, 0) is 11.9 Å². The summed E-state index contributed by atoms with van der Waals surface area (Å²) in [6.07, 6.45) is -0.320. The van der Waals surface area contributed by atoms with Crippen LogP contribution in [-0.4, -0.2) is 20.3 Å². The minimum Gasteiger partial charge on any atom is -0.327 e. The lowest BCUT2D eigenvalue weighted by Crippen LogP contribution is -2.21. The molecule has 31 heavy (non-hydrogen) atoms. The van der Waals surface area contributed by atoms with Crippen LogP contribution in [0.1, 0.15) is 21.6 Å². The molecule has 0 fully saturated rings. The first-order valence-corrected chi connectivity index (χ1v) is 10.1. The molecule has 10 heteroatoms. The number of benzene rings is 1. The summed E-state index contributed by atoms with van der Waals surface area (Å²) in [6.45, 7) is 0. The summed E-state index contributed by atoms with van der Waals surface area (Å²) in [5.74, 6) is -0.196. The molecule has 3 aromatic heterocycles. The van der Waals surface area contributed by atoms with E-state index in [0.29, 0.717) is 22.9 Å². The van der Waals surface area contributed by atoms with Crippen LogP contribution >= 0.6 is 11.8 Å². The number of amides is 1. The van der Waals surface area contributed by atoms with Gasteiger partial charge in [0.05, 0.1) is 16.8 Å². The third-order valence-electron chi connectivity index (χ3n) is 4.40. The molecule has 0 aliphatic heterocycles. The van der Waals surface area contributed by atoms with Crippen LogP contribution in [0.2, 0.25) is 0 Å². The molecule has 0 radical (unpaired) electrons. The van der Waals surface area contributed by atoms with Crippen molar-refractivity contribution >= 4 is 29.0 Å². The number of nitrogens with zero attached hydrogens (tertiary/aromatic N) is 2. The fourth-order valence-corrected chi connectivity index (χ4v) is 3.85. The fraction of sp³-hybridized carbons (Fsp3) is 0.0952. The van der Waals surface area contributed by atoms with Crippen LogP contribution in [0.25, 0.3) is 5.65 Å². The molecule has 0 bridgehead atoms. The molecule has 0 aliphatic carbocycles. The first-order valence-electron chi connectivity index (χ1n) is 9.07. The van der Waals surface area contributed by atoms with Crippen molar-refractivity contribution in [1.82, 2.24) is 14.4 Å². The number of aromatic amines is 1. The van der Waals surface area contributed by atoms with E-state index in [2.05, 4.69) is 10.3 Å². The number of anilines is 1. The van der Waals surface area contributed by atoms with Gasteiger partial charge in [0.15, 0.2) is 0 Å². The van der Waals surface area contributed by atoms with E-state index in [4.69, 9.17) is 0 Å². The Hall–Kier alpha value is -3.53. The third kappa shape index (κ3) is 4.64. The fourth-order valence-electron chi connectivity index (χ4n) is 2.92. The predicted molar refractivity (Wildman–Crippen MR) is 111 cm³/mol. The van der Waals surface area contributed by atoms with Crippen molar-refractivity contribution in [2.24, 2.45) is 0 Å². The van der Waals surface area contributed by atoms with Gasteiger partial charge in [0.1, 0.15) is 11.3 Å². The molecule has 3 heterocycles. The van der Waals surface area contributed by atoms with Gasteiger partial charge in [-0.15, -0.1) is 11.8 Å². The van der Waals surface area contributed by atoms with Crippen LogP contribution in [0.3, 0.4) is 0 Å². The molecule has 0 saturated heterocycles. The van der Waals surface area contributed by atoms with Gasteiger partial charge < -0.3 is 14.7 Å². The van der Waals surface area contributed by atoms with Crippen molar-refractivity contribution in [3.8, 4) is 0 Å². The number of aromatic nitrogens is 3. The van der Waals surface area contributed by atoms with Crippen molar-refractivity contribution in [3.05, 3.63) is 94.3 Å². The number of imidazole rings is 1. The van der Waals surface area contributed by atoms with E-state index in [9.17, 15) is 22.8 Å². The maximum Gasteiger partial charge on any atom is 0.417 e. The highest BCUT2D eigenvalue weighted by molar-refractivity contribution is 7.98. The third-order valence-corrected chi connectivity index (χ3v) is 5.51. The van der Waals surface area contributed by atoms with Gasteiger partial charge in [0.25, 0.3) is 11.5 Å². The van der Waals surface area contributed by atoms with E-state index in [0.717, 1.165) is 11.3 Å². The quantitative estimate of drug-likeness (QED) is 0.442. The number of rotatable bonds is 5. The number of thioether (sulfide) groups is 1. The summed E-state index contributed by atoms with van der Waals surface area (Å²) < 4.78 is 40.6. The number of alkyl halides is 3. The number of H-pyrrole nitrogens is 1. The normalized spacial score (nSPS) is 11.6. The monoisotopic (exact) mass is 444 g/mol. The number of carbonyl (C=O) groups excluding carboxylic acids is 1. The summed E-state index contributed by atoms with van der Waals surface area (Å²) in [5.41, 5.74) is -0.505. The highest BCUT2D eigenvalue weighted by atomic mass is 32.2. The molecule has 1 amide bonds. The van der Waals surface area contributed by atoms with Crippen molar-refractivity contribution in [3.63, 3.8) is 0 Å². The van der Waals surface area contributed by atoms with E-state index in [1.54, 1.807) is 24.3 Å². The highest BCUT2D eigenvalue weighted by Crippen LogP contribution is 2.30. The zero-order chi connectivity index (χ0) is 22.0. The van der Waals surface area contributed by atoms with Gasteiger partial charge in [-0.05, 0) is 30.3 Å². The van der Waals surface area contributed by atoms with Gasteiger partial charge in [-0.3, -0.25) is 9.59 Å². The smallest absolute Gasteiger partial charge is 0.327 e. The summed E-state index contributed by atoms with van der Waals surface area (Å²) in [5, 5.41) is 2.28. The lowest BCUT2D eigenvalue weighted by molar-refractivity contribution is -0.137. The molecule has 6 nitrogen and oxygen atoms in total. The Morgan fingerprint density at radius 2 is 1.94 bits per heavy atom. The van der Waals surface area contributed by atoms with Crippen molar-refractivity contribution in [2.75, 3.05) is 5.32 Å². The highest BCUT2D eigenvalue weighted by Gasteiger charge is 2.31. The van der Waals surface area contributed by atoms with Crippen LogP contribution in [0.4, 0.5) is 18.9 Å². The Kier molecular flexibility index (Phi) is 5.55. The molecular weight excluding hydrogens is 429 g/mol. The number of fused-ring (bicyclic) bond motifs is 1. The number of carbonyl (C=O) groups is 1. The van der Waals surface area contributed by atoms with Gasteiger partial charge in [0, 0.05) is 29.2 Å². The van der Waals surface area contributed by atoms with Crippen LogP contribution < -0.4 is 10.9 Å². The van der Waals surface area contributed by atoms with Crippen LogP contribution in [0.5, 0.6) is 0 Å². The van der Waals surface area contributed by atoms with E-state index in [1.165, 1.54) is 11.8 Å². The molecule has 0 atom stereocenters. The Labute approximate surface area is 178 Å². The van der Waals surface area contributed by atoms with Gasteiger partial charge in [-0.25, -0.2) is 4.98 Å². The molecule has 0 saturated carbocycles. The van der Waals surface area contributed by atoms with E-state index in [-0.39, 0.29) is 5.56 Å². The summed E-state index contributed by atoms with van der Waals surface area (Å²) in [6, 6.07) is 12.9. The standard InChI is InChI=1S/C21H15F3N4O2S/c22-21(23,24)13-9-16(20(30)25-10-13)27-19(29)15-5-1-2-6-17(15)31-12-14-11-28-8-4-3-7-18(28)26-14/h1-11H,12H2,(H,25,30)(H,27,29). The van der Waals surface area contributed by atoms with E-state index < -0.39 is 28.9 Å². The number of pyridine rings is 2. The lowest BCUT2D eigenvalue weighted by atomic mass is 10.2. The average molecular weight is 444 g/mol. The van der Waals surface area contributed by atoms with Crippen LogP contribution in [0.15, 0.2) is 76.8 Å². The van der Waals surface area contributed by atoms with Gasteiger partial charge in [0.2, 0.25) is 0 Å². The Morgan fingerprint density at radius 1 is 1.16 bits per heavy atom. The Balaban J connectivity index is 1.54. The maximum absolute atomic E-state index is 12.9. The van der Waals surface area contributed by atoms with Crippen molar-refractivity contribution in [2.45, 2.75) is 16.8 Å². The van der Waals surface area contributed by atoms with Crippen molar-refractivity contribution in [1.29, 1.82) is 0 Å². The molecular formula is C21H15F3N4O2S. The molecule has 0 spiro atoms. The van der Waals surface area contributed by atoms with Gasteiger partial charge in [-0.2, -0.15) is 13.2 Å². The second-order valence-corrected chi connectivity index (χ2v) is 7.58. The average Bonchev–Trinajstić information content (AvgIpc) is 3.16. The topological polar surface area (TPSA) is 79.3 Å². The number of hydrogen-bond donors (Lipinski definition) is 2. The SMILES string of the molecule is O=C(Nc1cc(C(F)(F)F)c[nH]c1=O)c1ccccc1SCc1cn2ccccc2n1. The summed E-state index contributed by atoms with van der Waals surface area (Å²) in [4.78, 5) is 31.7. The number of nitrogens with one attached hydrogen (secondary N) is 2. The Bertz CT molecular complexity index is 1280. The molecule has 4 aromatic rings. The molecule has 2 N–H and O–H groups in total. The second kappa shape index (κ2) is 8.31.